The first-order chi connectivity index (χ1) is 13.3. The molecule has 0 N–H and O–H groups in total. The van der Waals surface area contributed by atoms with E-state index in [9.17, 15) is 4.79 Å². The number of ether oxygens (including phenoxy) is 1. The number of amides is 1. The van der Waals surface area contributed by atoms with Gasteiger partial charge in [0.1, 0.15) is 12.4 Å². The van der Waals surface area contributed by atoms with Crippen molar-refractivity contribution in [3.05, 3.63) is 68.2 Å². The highest BCUT2D eigenvalue weighted by atomic mass is 32.1. The van der Waals surface area contributed by atoms with E-state index in [1.54, 1.807) is 4.90 Å². The molecular weight excluding hydrogens is 370 g/mol. The number of hydrogen-bond acceptors (Lipinski definition) is 4. The predicted molar refractivity (Wildman–Crippen MR) is 113 cm³/mol. The third-order valence-electron chi connectivity index (χ3n) is 4.99. The van der Waals surface area contributed by atoms with Crippen LogP contribution in [-0.2, 0) is 20.2 Å². The first-order valence-corrected chi connectivity index (χ1v) is 10.2. The summed E-state index contributed by atoms with van der Waals surface area (Å²) >= 11 is 1.46. The van der Waals surface area contributed by atoms with Crippen molar-refractivity contribution in [2.24, 2.45) is 7.05 Å². The molecule has 0 unspecified atom stereocenters. The minimum absolute atomic E-state index is 0.0189. The summed E-state index contributed by atoms with van der Waals surface area (Å²) in [6.45, 7) is 9.13. The molecule has 1 aromatic carbocycles. The summed E-state index contributed by atoms with van der Waals surface area (Å²) in [4.78, 5) is 15.3. The predicted octanol–water partition coefficient (Wildman–Crippen LogP) is 4.57. The average Bonchev–Trinajstić information content (AvgIpc) is 3.21. The average molecular weight is 398 g/mol. The van der Waals surface area contributed by atoms with E-state index in [-0.39, 0.29) is 5.91 Å². The van der Waals surface area contributed by atoms with Crippen LogP contribution in [-0.4, -0.2) is 27.6 Å². The van der Waals surface area contributed by atoms with Gasteiger partial charge in [-0.1, -0.05) is 17.7 Å². The number of rotatable bonds is 6. The van der Waals surface area contributed by atoms with E-state index < -0.39 is 0 Å². The highest BCUT2D eigenvalue weighted by Crippen LogP contribution is 2.23. The third-order valence-corrected chi connectivity index (χ3v) is 5.96. The fraction of sp³-hybridized carbons (Fsp3) is 0.364. The Kier molecular flexibility index (Phi) is 5.89. The number of aryl methyl sites for hydroxylation is 4. The molecule has 3 aromatic rings. The Morgan fingerprint density at radius 3 is 2.61 bits per heavy atom. The molecule has 0 aliphatic heterocycles. The van der Waals surface area contributed by atoms with Gasteiger partial charge >= 0.3 is 0 Å². The lowest BCUT2D eigenvalue weighted by Crippen LogP contribution is -2.26. The van der Waals surface area contributed by atoms with Gasteiger partial charge in [0, 0.05) is 37.5 Å². The molecule has 2 aromatic heterocycles. The summed E-state index contributed by atoms with van der Waals surface area (Å²) in [5.41, 5.74) is 6.51. The SMILES string of the molecule is Cc1ccc(OCc2csc(C(=O)N(C)Cc3c(C)nn(C)c3C)c2)c(C)c1. The minimum Gasteiger partial charge on any atom is -0.489 e. The molecule has 0 aliphatic rings. The summed E-state index contributed by atoms with van der Waals surface area (Å²) in [7, 11) is 3.76. The van der Waals surface area contributed by atoms with Gasteiger partial charge in [0.25, 0.3) is 5.91 Å². The number of thiophene rings is 1. The fourth-order valence-electron chi connectivity index (χ4n) is 3.23. The molecule has 0 aliphatic carbocycles. The van der Waals surface area contributed by atoms with Gasteiger partial charge in [0.2, 0.25) is 0 Å². The quantitative estimate of drug-likeness (QED) is 0.612. The maximum Gasteiger partial charge on any atom is 0.263 e. The highest BCUT2D eigenvalue weighted by Gasteiger charge is 2.18. The number of hydrogen-bond donors (Lipinski definition) is 0. The first kappa shape index (κ1) is 20.1. The zero-order valence-electron chi connectivity index (χ0n) is 17.4. The van der Waals surface area contributed by atoms with Gasteiger partial charge in [-0.25, -0.2) is 0 Å². The second kappa shape index (κ2) is 8.19. The van der Waals surface area contributed by atoms with Crippen molar-refractivity contribution in [2.45, 2.75) is 40.8 Å². The normalized spacial score (nSPS) is 10.9. The van der Waals surface area contributed by atoms with Gasteiger partial charge < -0.3 is 9.64 Å². The minimum atomic E-state index is 0.0189. The molecule has 28 heavy (non-hydrogen) atoms. The summed E-state index contributed by atoms with van der Waals surface area (Å²) in [6, 6.07) is 8.07. The Morgan fingerprint density at radius 2 is 1.96 bits per heavy atom. The molecular formula is C22H27N3O2S. The zero-order valence-corrected chi connectivity index (χ0v) is 18.2. The van der Waals surface area contributed by atoms with E-state index in [0.29, 0.717) is 13.2 Å². The van der Waals surface area contributed by atoms with Crippen LogP contribution >= 0.6 is 11.3 Å². The van der Waals surface area contributed by atoms with Crippen LogP contribution in [0.2, 0.25) is 0 Å². The Balaban J connectivity index is 1.64. The van der Waals surface area contributed by atoms with Crippen LogP contribution in [0.15, 0.2) is 29.6 Å². The molecule has 0 spiro atoms. The summed E-state index contributed by atoms with van der Waals surface area (Å²) < 4.78 is 7.79. The summed E-state index contributed by atoms with van der Waals surface area (Å²) in [6.07, 6.45) is 0. The molecule has 0 fully saturated rings. The van der Waals surface area contributed by atoms with Crippen LogP contribution < -0.4 is 4.74 Å². The highest BCUT2D eigenvalue weighted by molar-refractivity contribution is 7.12. The van der Waals surface area contributed by atoms with Gasteiger partial charge in [-0.15, -0.1) is 11.3 Å². The monoisotopic (exact) mass is 397 g/mol. The molecule has 2 heterocycles. The van der Waals surface area contributed by atoms with Gasteiger partial charge in [-0.2, -0.15) is 5.10 Å². The molecule has 0 saturated carbocycles. The standard InChI is InChI=1S/C22H27N3O2S/c1-14-7-8-20(15(2)9-14)27-12-18-10-21(28-13-18)22(26)24(5)11-19-16(3)23-25(6)17(19)4/h7-10,13H,11-12H2,1-6H3. The molecule has 1 amide bonds. The van der Waals surface area contributed by atoms with Crippen LogP contribution in [0.4, 0.5) is 0 Å². The largest absolute Gasteiger partial charge is 0.489 e. The van der Waals surface area contributed by atoms with Gasteiger partial charge in [-0.05, 0) is 50.8 Å². The van der Waals surface area contributed by atoms with Crippen molar-refractivity contribution in [3.8, 4) is 5.75 Å². The van der Waals surface area contributed by atoms with Crippen LogP contribution in [0.3, 0.4) is 0 Å². The van der Waals surface area contributed by atoms with Crippen molar-refractivity contribution in [1.82, 2.24) is 14.7 Å². The Labute approximate surface area is 170 Å². The Bertz CT molecular complexity index is 1000. The third kappa shape index (κ3) is 4.28. The first-order valence-electron chi connectivity index (χ1n) is 9.28. The van der Waals surface area contributed by atoms with E-state index in [1.807, 2.05) is 63.1 Å². The van der Waals surface area contributed by atoms with E-state index in [4.69, 9.17) is 4.74 Å². The van der Waals surface area contributed by atoms with Crippen LogP contribution in [0.1, 0.15) is 43.3 Å². The Hall–Kier alpha value is -2.60. The second-order valence-corrected chi connectivity index (χ2v) is 8.22. The lowest BCUT2D eigenvalue weighted by molar-refractivity contribution is 0.0789. The zero-order chi connectivity index (χ0) is 20.4. The lowest BCUT2D eigenvalue weighted by Gasteiger charge is -2.16. The molecule has 0 bridgehead atoms. The van der Waals surface area contributed by atoms with Crippen LogP contribution in [0, 0.1) is 27.7 Å². The topological polar surface area (TPSA) is 47.4 Å². The summed E-state index contributed by atoms with van der Waals surface area (Å²) in [5.74, 6) is 0.898. The van der Waals surface area contributed by atoms with E-state index in [0.717, 1.165) is 38.7 Å². The molecule has 6 heteroatoms. The van der Waals surface area contributed by atoms with Crippen molar-refractivity contribution in [2.75, 3.05) is 7.05 Å². The number of carbonyl (C=O) groups excluding carboxylic acids is 1. The number of benzene rings is 1. The van der Waals surface area contributed by atoms with Crippen LogP contribution in [0.5, 0.6) is 5.75 Å². The van der Waals surface area contributed by atoms with Crippen molar-refractivity contribution in [3.63, 3.8) is 0 Å². The van der Waals surface area contributed by atoms with Crippen LogP contribution in [0.25, 0.3) is 0 Å². The van der Waals surface area contributed by atoms with Gasteiger partial charge in [0.15, 0.2) is 0 Å². The number of aromatic nitrogens is 2. The van der Waals surface area contributed by atoms with Crippen molar-refractivity contribution >= 4 is 17.2 Å². The van der Waals surface area contributed by atoms with E-state index in [1.165, 1.54) is 16.9 Å². The maximum atomic E-state index is 12.8. The van der Waals surface area contributed by atoms with Gasteiger partial charge in [-0.3, -0.25) is 9.48 Å². The number of nitrogens with zero attached hydrogens (tertiary/aromatic N) is 3. The smallest absolute Gasteiger partial charge is 0.263 e. The van der Waals surface area contributed by atoms with E-state index in [2.05, 4.69) is 18.1 Å². The molecule has 0 saturated heterocycles. The van der Waals surface area contributed by atoms with Crippen molar-refractivity contribution in [1.29, 1.82) is 0 Å². The second-order valence-electron chi connectivity index (χ2n) is 7.31. The molecule has 5 nitrogen and oxygen atoms in total. The molecule has 0 radical (unpaired) electrons. The Morgan fingerprint density at radius 1 is 1.21 bits per heavy atom. The molecule has 148 valence electrons. The number of carbonyl (C=O) groups is 1. The molecule has 0 atom stereocenters. The molecule has 3 rings (SSSR count). The van der Waals surface area contributed by atoms with Gasteiger partial charge in [0.05, 0.1) is 10.6 Å². The summed E-state index contributed by atoms with van der Waals surface area (Å²) in [5, 5.41) is 6.42. The van der Waals surface area contributed by atoms with E-state index >= 15 is 0 Å². The maximum absolute atomic E-state index is 12.8. The van der Waals surface area contributed by atoms with Crippen molar-refractivity contribution < 1.29 is 9.53 Å². The fourth-order valence-corrected chi connectivity index (χ4v) is 4.12. The lowest BCUT2D eigenvalue weighted by atomic mass is 10.1.